The molecule has 172 valence electrons. The van der Waals surface area contributed by atoms with E-state index in [4.69, 9.17) is 0 Å². The number of amides is 3. The zero-order chi connectivity index (χ0) is 23.8. The third-order valence-electron chi connectivity index (χ3n) is 4.71. The maximum atomic E-state index is 13.3. The monoisotopic (exact) mass is 433 g/mol. The van der Waals surface area contributed by atoms with Crippen molar-refractivity contribution >= 4 is 23.7 Å². The van der Waals surface area contributed by atoms with Gasteiger partial charge in [0.25, 0.3) is 5.91 Å². The quantitative estimate of drug-likeness (QED) is 0.491. The molecule has 0 aliphatic rings. The van der Waals surface area contributed by atoms with Crippen LogP contribution in [-0.2, 0) is 20.8 Å². The molecule has 1 rings (SSSR count). The molecule has 31 heavy (non-hydrogen) atoms. The molecule has 8 heteroatoms. The van der Waals surface area contributed by atoms with Crippen molar-refractivity contribution in [3.05, 3.63) is 35.9 Å². The molecule has 0 aliphatic carbocycles. The van der Waals surface area contributed by atoms with Crippen LogP contribution in [-0.4, -0.2) is 57.9 Å². The standard InChI is InChI=1S/C23H35N3O5/c1-7-24-21(29)19(27)17(14-16-11-9-8-10-12-16)25-20(28)18(13-15(2)3)26(22(30)31)23(4,5)6/h8-12,15,17-18H,7,13-14H2,1-6H3,(H,24,29)(H,25,28)(H,30,31)/t17?,18-/m0/s1. The van der Waals surface area contributed by atoms with Crippen LogP contribution < -0.4 is 10.6 Å². The molecule has 0 heterocycles. The van der Waals surface area contributed by atoms with Crippen LogP contribution in [0.5, 0.6) is 0 Å². The highest BCUT2D eigenvalue weighted by molar-refractivity contribution is 6.38. The topological polar surface area (TPSA) is 116 Å². The molecule has 0 fully saturated rings. The minimum Gasteiger partial charge on any atom is -0.465 e. The summed E-state index contributed by atoms with van der Waals surface area (Å²) in [6.07, 6.45) is -0.814. The largest absolute Gasteiger partial charge is 0.465 e. The van der Waals surface area contributed by atoms with Crippen molar-refractivity contribution in [2.75, 3.05) is 6.54 Å². The van der Waals surface area contributed by atoms with Gasteiger partial charge in [-0.05, 0) is 45.6 Å². The number of carbonyl (C=O) groups excluding carboxylic acids is 3. The van der Waals surface area contributed by atoms with Crippen LogP contribution in [0.4, 0.5) is 4.79 Å². The van der Waals surface area contributed by atoms with Crippen molar-refractivity contribution in [2.24, 2.45) is 5.92 Å². The number of hydrogen-bond donors (Lipinski definition) is 3. The Morgan fingerprint density at radius 2 is 1.65 bits per heavy atom. The summed E-state index contributed by atoms with van der Waals surface area (Å²) in [5.74, 6) is -2.11. The van der Waals surface area contributed by atoms with Crippen LogP contribution in [0.3, 0.4) is 0 Å². The van der Waals surface area contributed by atoms with Crippen LogP contribution in [0, 0.1) is 5.92 Å². The Morgan fingerprint density at radius 3 is 2.10 bits per heavy atom. The van der Waals surface area contributed by atoms with Gasteiger partial charge in [-0.3, -0.25) is 19.3 Å². The Kier molecular flexibility index (Phi) is 9.68. The molecule has 1 aromatic carbocycles. The molecule has 0 radical (unpaired) electrons. The Balaban J connectivity index is 3.25. The second-order valence-corrected chi connectivity index (χ2v) is 8.94. The van der Waals surface area contributed by atoms with E-state index < -0.39 is 41.3 Å². The number of ketones is 1. The fraction of sp³-hybridized carbons (Fsp3) is 0.565. The van der Waals surface area contributed by atoms with Gasteiger partial charge in [-0.15, -0.1) is 0 Å². The molecule has 8 nitrogen and oxygen atoms in total. The van der Waals surface area contributed by atoms with Crippen molar-refractivity contribution in [2.45, 2.75) is 72.0 Å². The first-order chi connectivity index (χ1) is 14.4. The molecule has 0 aromatic heterocycles. The second kappa shape index (κ2) is 11.5. The number of benzene rings is 1. The molecule has 2 atom stereocenters. The Hall–Kier alpha value is -2.90. The predicted octanol–water partition coefficient (Wildman–Crippen LogP) is 2.61. The van der Waals surface area contributed by atoms with Crippen molar-refractivity contribution in [3.8, 4) is 0 Å². The Bertz CT molecular complexity index is 771. The van der Waals surface area contributed by atoms with Crippen molar-refractivity contribution in [3.63, 3.8) is 0 Å². The van der Waals surface area contributed by atoms with Crippen LogP contribution in [0.25, 0.3) is 0 Å². The molecular formula is C23H35N3O5. The number of Topliss-reactive ketones (excluding diaryl/α,β-unsaturated/α-hetero) is 1. The lowest BCUT2D eigenvalue weighted by Gasteiger charge is -2.39. The summed E-state index contributed by atoms with van der Waals surface area (Å²) in [7, 11) is 0. The molecule has 0 aliphatic heterocycles. The van der Waals surface area contributed by atoms with Gasteiger partial charge in [0.2, 0.25) is 11.7 Å². The first-order valence-electron chi connectivity index (χ1n) is 10.6. The molecule has 3 N–H and O–H groups in total. The first kappa shape index (κ1) is 26.1. The third-order valence-corrected chi connectivity index (χ3v) is 4.71. The van der Waals surface area contributed by atoms with Gasteiger partial charge in [0, 0.05) is 18.5 Å². The van der Waals surface area contributed by atoms with Gasteiger partial charge in [-0.25, -0.2) is 4.79 Å². The van der Waals surface area contributed by atoms with Crippen LogP contribution in [0.15, 0.2) is 30.3 Å². The maximum Gasteiger partial charge on any atom is 0.408 e. The van der Waals surface area contributed by atoms with E-state index in [1.165, 1.54) is 0 Å². The lowest BCUT2D eigenvalue weighted by molar-refractivity contribution is -0.140. The number of carboxylic acid groups (broad SMARTS) is 1. The fourth-order valence-corrected chi connectivity index (χ4v) is 3.40. The van der Waals surface area contributed by atoms with Gasteiger partial charge in [0.15, 0.2) is 0 Å². The third kappa shape index (κ3) is 8.03. The molecular weight excluding hydrogens is 398 g/mol. The summed E-state index contributed by atoms with van der Waals surface area (Å²) < 4.78 is 0. The van der Waals surface area contributed by atoms with Crippen LogP contribution >= 0.6 is 0 Å². The predicted molar refractivity (Wildman–Crippen MR) is 119 cm³/mol. The summed E-state index contributed by atoms with van der Waals surface area (Å²) in [6, 6.07) is 6.93. The highest BCUT2D eigenvalue weighted by Gasteiger charge is 2.39. The number of rotatable bonds is 10. The second-order valence-electron chi connectivity index (χ2n) is 8.94. The lowest BCUT2D eigenvalue weighted by Crippen LogP contribution is -2.60. The van der Waals surface area contributed by atoms with Crippen molar-refractivity contribution in [1.29, 1.82) is 0 Å². The summed E-state index contributed by atoms with van der Waals surface area (Å²) in [5, 5.41) is 14.9. The van der Waals surface area contributed by atoms with E-state index in [2.05, 4.69) is 10.6 Å². The molecule has 0 bridgehead atoms. The Labute approximate surface area is 184 Å². The van der Waals surface area contributed by atoms with E-state index in [0.29, 0.717) is 0 Å². The molecule has 0 saturated carbocycles. The van der Waals surface area contributed by atoms with E-state index in [9.17, 15) is 24.3 Å². The molecule has 1 aromatic rings. The average Bonchev–Trinajstić information content (AvgIpc) is 2.65. The van der Waals surface area contributed by atoms with E-state index in [0.717, 1.165) is 10.5 Å². The van der Waals surface area contributed by atoms with Gasteiger partial charge < -0.3 is 15.7 Å². The zero-order valence-corrected chi connectivity index (χ0v) is 19.3. The highest BCUT2D eigenvalue weighted by atomic mass is 16.4. The maximum absolute atomic E-state index is 13.3. The van der Waals surface area contributed by atoms with E-state index >= 15 is 0 Å². The lowest BCUT2D eigenvalue weighted by atomic mass is 9.95. The highest BCUT2D eigenvalue weighted by Crippen LogP contribution is 2.22. The van der Waals surface area contributed by atoms with Crippen LogP contribution in [0.1, 0.15) is 53.5 Å². The Morgan fingerprint density at radius 1 is 1.06 bits per heavy atom. The number of likely N-dealkylation sites (N-methyl/N-ethyl adjacent to an activating group) is 1. The summed E-state index contributed by atoms with van der Waals surface area (Å²) >= 11 is 0. The minimum atomic E-state index is -1.22. The SMILES string of the molecule is CCNC(=O)C(=O)C(Cc1ccccc1)NC(=O)[C@H](CC(C)C)N(C(=O)O)C(C)(C)C. The molecule has 0 spiro atoms. The molecule has 3 amide bonds. The van der Waals surface area contributed by atoms with Crippen molar-refractivity contribution < 1.29 is 24.3 Å². The average molecular weight is 434 g/mol. The smallest absolute Gasteiger partial charge is 0.408 e. The summed E-state index contributed by atoms with van der Waals surface area (Å²) in [5.41, 5.74) is -0.0573. The van der Waals surface area contributed by atoms with Gasteiger partial charge in [-0.2, -0.15) is 0 Å². The van der Waals surface area contributed by atoms with E-state index in [1.54, 1.807) is 52.0 Å². The van der Waals surface area contributed by atoms with E-state index in [1.807, 2.05) is 19.9 Å². The minimum absolute atomic E-state index is 0.0339. The van der Waals surface area contributed by atoms with Gasteiger partial charge >= 0.3 is 6.09 Å². The van der Waals surface area contributed by atoms with Crippen LogP contribution in [0.2, 0.25) is 0 Å². The number of hydrogen-bond acceptors (Lipinski definition) is 4. The van der Waals surface area contributed by atoms with E-state index in [-0.39, 0.29) is 25.3 Å². The summed E-state index contributed by atoms with van der Waals surface area (Å²) in [4.78, 5) is 51.3. The number of carbonyl (C=O) groups is 4. The number of nitrogens with one attached hydrogen (secondary N) is 2. The fourth-order valence-electron chi connectivity index (χ4n) is 3.40. The summed E-state index contributed by atoms with van der Waals surface area (Å²) in [6.45, 7) is 10.9. The van der Waals surface area contributed by atoms with Gasteiger partial charge in [0.1, 0.15) is 12.1 Å². The first-order valence-corrected chi connectivity index (χ1v) is 10.6. The van der Waals surface area contributed by atoms with Crippen molar-refractivity contribution in [1.82, 2.24) is 15.5 Å². The number of nitrogens with zero attached hydrogens (tertiary/aromatic N) is 1. The van der Waals surface area contributed by atoms with Gasteiger partial charge in [-0.1, -0.05) is 44.2 Å². The molecule has 1 unspecified atom stereocenters. The van der Waals surface area contributed by atoms with Gasteiger partial charge in [0.05, 0.1) is 0 Å². The molecule has 0 saturated heterocycles. The normalized spacial score (nSPS) is 13.3. The zero-order valence-electron chi connectivity index (χ0n) is 19.3.